The van der Waals surface area contributed by atoms with Crippen LogP contribution < -0.4 is 9.46 Å². The maximum absolute atomic E-state index is 13.1. The lowest BCUT2D eigenvalue weighted by Crippen LogP contribution is -2.35. The van der Waals surface area contributed by atoms with E-state index < -0.39 is 16.1 Å². The lowest BCUT2D eigenvalue weighted by atomic mass is 9.94. The van der Waals surface area contributed by atoms with Crippen LogP contribution in [0.2, 0.25) is 0 Å². The number of rotatable bonds is 7. The van der Waals surface area contributed by atoms with Crippen LogP contribution in [0.5, 0.6) is 5.75 Å². The number of allylic oxidation sites excluding steroid dienone is 2. The maximum atomic E-state index is 13.1. The molecule has 9 heteroatoms. The second kappa shape index (κ2) is 9.13. The molecular weight excluding hydrogens is 430 g/mol. The van der Waals surface area contributed by atoms with E-state index >= 15 is 0 Å². The lowest BCUT2D eigenvalue weighted by molar-refractivity contribution is 0.0678. The largest absolute Gasteiger partial charge is 0.497 e. The van der Waals surface area contributed by atoms with Crippen molar-refractivity contribution in [1.29, 1.82) is 0 Å². The molecule has 0 saturated carbocycles. The van der Waals surface area contributed by atoms with E-state index in [4.69, 9.17) is 9.15 Å². The van der Waals surface area contributed by atoms with Crippen LogP contribution in [0, 0.1) is 6.42 Å². The number of sulfonamides is 1. The van der Waals surface area contributed by atoms with Gasteiger partial charge in [0.15, 0.2) is 5.76 Å². The number of hydrogen-bond donors (Lipinski definition) is 1. The molecule has 1 aromatic carbocycles. The fourth-order valence-corrected chi connectivity index (χ4v) is 4.31. The highest BCUT2D eigenvalue weighted by Gasteiger charge is 2.35. The third-order valence-electron chi connectivity index (χ3n) is 5.35. The average molecular weight is 457 g/mol. The van der Waals surface area contributed by atoms with Crippen LogP contribution in [0.3, 0.4) is 0 Å². The SMILES string of the molecule is CCS(=O)(=O)NC1[CH]C=C(C2=NN(C(=O)c3ccco3)C(c3ccc(OC)cc3)C2)C=C1.[HH]. The van der Waals surface area contributed by atoms with Gasteiger partial charge in [-0.2, -0.15) is 5.10 Å². The summed E-state index contributed by atoms with van der Waals surface area (Å²) >= 11 is 0. The van der Waals surface area contributed by atoms with Gasteiger partial charge >= 0.3 is 5.91 Å². The summed E-state index contributed by atoms with van der Waals surface area (Å²) in [5.74, 6) is 0.623. The number of hydrazone groups is 1. The molecule has 2 unspecified atom stereocenters. The summed E-state index contributed by atoms with van der Waals surface area (Å²) in [7, 11) is -1.71. The van der Waals surface area contributed by atoms with Crippen LogP contribution in [0.1, 0.15) is 36.9 Å². The third kappa shape index (κ3) is 4.68. The molecule has 2 heterocycles. The molecule has 1 N–H and O–H groups in total. The first kappa shape index (κ1) is 22.0. The minimum Gasteiger partial charge on any atom is -0.497 e. The molecule has 1 aliphatic carbocycles. The molecule has 1 aliphatic heterocycles. The number of nitrogens with one attached hydrogen (secondary N) is 1. The Hall–Kier alpha value is -3.17. The van der Waals surface area contributed by atoms with Crippen molar-refractivity contribution in [1.82, 2.24) is 9.73 Å². The molecule has 2 aliphatic rings. The van der Waals surface area contributed by atoms with Gasteiger partial charge in [0.05, 0.1) is 30.9 Å². The quantitative estimate of drug-likeness (QED) is 0.687. The Bertz CT molecular complexity index is 1170. The summed E-state index contributed by atoms with van der Waals surface area (Å²) in [6, 6.07) is 10.1. The van der Waals surface area contributed by atoms with Gasteiger partial charge in [0.1, 0.15) is 5.75 Å². The Morgan fingerprint density at radius 2 is 2.09 bits per heavy atom. The molecule has 169 valence electrons. The van der Waals surface area contributed by atoms with Crippen molar-refractivity contribution < 1.29 is 23.8 Å². The molecule has 8 nitrogen and oxygen atoms in total. The lowest BCUT2D eigenvalue weighted by Gasteiger charge is -2.21. The molecule has 0 bridgehead atoms. The van der Waals surface area contributed by atoms with Crippen molar-refractivity contribution >= 4 is 21.6 Å². The molecule has 1 amide bonds. The summed E-state index contributed by atoms with van der Waals surface area (Å²) in [6.45, 7) is 1.59. The number of furan rings is 1. The molecule has 0 fully saturated rings. The van der Waals surface area contributed by atoms with Crippen LogP contribution in [-0.2, 0) is 10.0 Å². The van der Waals surface area contributed by atoms with Gasteiger partial charge in [-0.15, -0.1) is 0 Å². The van der Waals surface area contributed by atoms with Crippen molar-refractivity contribution in [2.75, 3.05) is 12.9 Å². The van der Waals surface area contributed by atoms with Gasteiger partial charge in [-0.3, -0.25) is 4.79 Å². The molecule has 2 atom stereocenters. The molecule has 32 heavy (non-hydrogen) atoms. The molecular formula is C23H26N3O5S. The van der Waals surface area contributed by atoms with Gasteiger partial charge < -0.3 is 9.15 Å². The number of amides is 1. The van der Waals surface area contributed by atoms with Crippen molar-refractivity contribution in [3.63, 3.8) is 0 Å². The van der Waals surface area contributed by atoms with Gasteiger partial charge in [0.2, 0.25) is 10.0 Å². The Morgan fingerprint density at radius 1 is 1.31 bits per heavy atom. The van der Waals surface area contributed by atoms with Crippen LogP contribution in [-0.4, -0.2) is 44.0 Å². The van der Waals surface area contributed by atoms with E-state index in [2.05, 4.69) is 9.82 Å². The van der Waals surface area contributed by atoms with Gasteiger partial charge in [-0.1, -0.05) is 30.4 Å². The summed E-state index contributed by atoms with van der Waals surface area (Å²) in [6.07, 6.45) is 9.15. The van der Waals surface area contributed by atoms with Crippen molar-refractivity contribution in [2.45, 2.75) is 25.4 Å². The monoisotopic (exact) mass is 456 g/mol. The van der Waals surface area contributed by atoms with Gasteiger partial charge in [-0.25, -0.2) is 18.1 Å². The first-order chi connectivity index (χ1) is 15.4. The topological polar surface area (TPSA) is 101 Å². The molecule has 0 spiro atoms. The number of nitrogens with zero attached hydrogens (tertiary/aromatic N) is 2. The zero-order chi connectivity index (χ0) is 22.7. The normalized spacial score (nSPS) is 20.8. The molecule has 4 rings (SSSR count). The van der Waals surface area contributed by atoms with E-state index in [1.807, 2.05) is 36.4 Å². The minimum atomic E-state index is -3.32. The molecule has 1 aromatic heterocycles. The molecule has 0 saturated heterocycles. The number of methoxy groups -OCH3 is 1. The zero-order valence-corrected chi connectivity index (χ0v) is 18.6. The van der Waals surface area contributed by atoms with Gasteiger partial charge in [0, 0.05) is 20.3 Å². The highest BCUT2D eigenvalue weighted by atomic mass is 32.2. The van der Waals surface area contributed by atoms with E-state index in [9.17, 15) is 13.2 Å². The Morgan fingerprint density at radius 3 is 2.69 bits per heavy atom. The fourth-order valence-electron chi connectivity index (χ4n) is 3.57. The van der Waals surface area contributed by atoms with E-state index in [1.54, 1.807) is 38.7 Å². The third-order valence-corrected chi connectivity index (χ3v) is 6.74. The zero-order valence-electron chi connectivity index (χ0n) is 17.8. The van der Waals surface area contributed by atoms with E-state index in [1.165, 1.54) is 11.3 Å². The number of carbonyl (C=O) groups excluding carboxylic acids is 1. The van der Waals surface area contributed by atoms with Crippen LogP contribution in [0.25, 0.3) is 0 Å². The molecule has 2 aromatic rings. The van der Waals surface area contributed by atoms with Gasteiger partial charge in [0.25, 0.3) is 0 Å². The predicted molar refractivity (Wildman–Crippen MR) is 123 cm³/mol. The number of ether oxygens (including phenoxy) is 1. The van der Waals surface area contributed by atoms with Crippen LogP contribution in [0.4, 0.5) is 0 Å². The van der Waals surface area contributed by atoms with Crippen LogP contribution in [0.15, 0.2) is 76.0 Å². The summed E-state index contributed by atoms with van der Waals surface area (Å²) in [5, 5.41) is 6.06. The second-order valence-corrected chi connectivity index (χ2v) is 9.43. The van der Waals surface area contributed by atoms with E-state index in [0.717, 1.165) is 22.6 Å². The Kier molecular flexibility index (Phi) is 6.29. The highest BCUT2D eigenvalue weighted by molar-refractivity contribution is 7.89. The molecule has 1 radical (unpaired) electrons. The second-order valence-electron chi connectivity index (χ2n) is 7.39. The summed E-state index contributed by atoms with van der Waals surface area (Å²) in [4.78, 5) is 13.1. The summed E-state index contributed by atoms with van der Waals surface area (Å²) in [5.41, 5.74) is 2.47. The minimum absolute atomic E-state index is 0. The van der Waals surface area contributed by atoms with Crippen molar-refractivity contribution in [2.24, 2.45) is 5.10 Å². The van der Waals surface area contributed by atoms with Gasteiger partial charge in [-0.05, 0) is 42.3 Å². The number of benzene rings is 1. The fraction of sp³-hybridized carbons (Fsp3) is 0.261. The predicted octanol–water partition coefficient (Wildman–Crippen LogP) is 3.49. The summed E-state index contributed by atoms with van der Waals surface area (Å²) < 4.78 is 36.8. The Balaban J connectivity index is 0.00000306. The van der Waals surface area contributed by atoms with E-state index in [0.29, 0.717) is 6.42 Å². The van der Waals surface area contributed by atoms with Crippen molar-refractivity contribution in [3.8, 4) is 5.75 Å². The first-order valence-electron chi connectivity index (χ1n) is 10.2. The average Bonchev–Trinajstić information content (AvgIpc) is 3.50. The maximum Gasteiger partial charge on any atom is 0.310 e. The van der Waals surface area contributed by atoms with Crippen molar-refractivity contribution in [3.05, 3.63) is 84.2 Å². The number of carbonyl (C=O) groups is 1. The standard InChI is InChI=1S/C23H24N3O5S.H2/c1-3-32(28,29)25-18-10-6-16(7-11-18)20-15-21(17-8-12-19(30-2)13-9-17)26(24-20)23(27)22-5-4-14-31-22;/h4-14,18,21,25H,3,15H2,1-2H3;1H. The number of hydrogen-bond acceptors (Lipinski definition) is 6. The Labute approximate surface area is 188 Å². The smallest absolute Gasteiger partial charge is 0.310 e. The first-order valence-corrected chi connectivity index (χ1v) is 11.9. The highest BCUT2D eigenvalue weighted by Crippen LogP contribution is 2.35. The van der Waals surface area contributed by atoms with E-state index in [-0.39, 0.29) is 24.9 Å². The van der Waals surface area contributed by atoms with Crippen LogP contribution >= 0.6 is 0 Å².